The molecule has 0 bridgehead atoms. The lowest BCUT2D eigenvalue weighted by Gasteiger charge is -2.30. The lowest BCUT2D eigenvalue weighted by atomic mass is 9.98. The standard InChI is InChI=1S/C16H23NO2S/c18-11-12-6-8-17(9-7-12)16(19)15-10-13-4-2-1-3-5-14(13)20-15/h10,12,18H,1-9,11H2. The van der Waals surface area contributed by atoms with Gasteiger partial charge in [0.05, 0.1) is 4.88 Å². The molecule has 2 heterocycles. The molecule has 1 aromatic heterocycles. The Morgan fingerprint density at radius 3 is 2.75 bits per heavy atom. The van der Waals surface area contributed by atoms with Crippen LogP contribution in [0.15, 0.2) is 6.07 Å². The Kier molecular flexibility index (Phi) is 4.41. The number of amides is 1. The van der Waals surface area contributed by atoms with Crippen molar-refractivity contribution >= 4 is 17.2 Å². The summed E-state index contributed by atoms with van der Waals surface area (Å²) in [6.45, 7) is 1.86. The number of aliphatic hydroxyl groups excluding tert-OH is 1. The Labute approximate surface area is 124 Å². The number of hydrogen-bond acceptors (Lipinski definition) is 3. The maximum atomic E-state index is 12.6. The quantitative estimate of drug-likeness (QED) is 0.852. The minimum atomic E-state index is 0.208. The fourth-order valence-electron chi connectivity index (χ4n) is 3.25. The number of nitrogens with zero attached hydrogens (tertiary/aromatic N) is 1. The number of aryl methyl sites for hydroxylation is 2. The highest BCUT2D eigenvalue weighted by Crippen LogP contribution is 2.30. The predicted octanol–water partition coefficient (Wildman–Crippen LogP) is 2.86. The molecule has 0 unspecified atom stereocenters. The van der Waals surface area contributed by atoms with Gasteiger partial charge in [-0.2, -0.15) is 0 Å². The zero-order chi connectivity index (χ0) is 13.9. The van der Waals surface area contributed by atoms with E-state index < -0.39 is 0 Å². The van der Waals surface area contributed by atoms with Crippen LogP contribution in [-0.4, -0.2) is 35.6 Å². The highest BCUT2D eigenvalue weighted by Gasteiger charge is 2.25. The molecule has 4 heteroatoms. The van der Waals surface area contributed by atoms with Crippen molar-refractivity contribution < 1.29 is 9.90 Å². The van der Waals surface area contributed by atoms with Crippen LogP contribution in [0, 0.1) is 5.92 Å². The monoisotopic (exact) mass is 293 g/mol. The van der Waals surface area contributed by atoms with Crippen LogP contribution in [0.5, 0.6) is 0 Å². The molecule has 0 saturated carbocycles. The van der Waals surface area contributed by atoms with Gasteiger partial charge in [-0.1, -0.05) is 6.42 Å². The molecule has 1 amide bonds. The molecule has 1 aromatic rings. The van der Waals surface area contributed by atoms with Gasteiger partial charge in [0.15, 0.2) is 0 Å². The van der Waals surface area contributed by atoms with E-state index in [0.717, 1.165) is 43.6 Å². The normalized spacial score (nSPS) is 20.6. The van der Waals surface area contributed by atoms with E-state index in [1.165, 1.54) is 29.7 Å². The van der Waals surface area contributed by atoms with E-state index in [1.807, 2.05) is 4.90 Å². The number of likely N-dealkylation sites (tertiary alicyclic amines) is 1. The highest BCUT2D eigenvalue weighted by molar-refractivity contribution is 7.14. The maximum Gasteiger partial charge on any atom is 0.263 e. The largest absolute Gasteiger partial charge is 0.396 e. The van der Waals surface area contributed by atoms with Gasteiger partial charge in [0.2, 0.25) is 0 Å². The molecule has 2 aliphatic rings. The smallest absolute Gasteiger partial charge is 0.263 e. The average molecular weight is 293 g/mol. The van der Waals surface area contributed by atoms with Crippen LogP contribution in [0.1, 0.15) is 52.2 Å². The van der Waals surface area contributed by atoms with E-state index in [4.69, 9.17) is 5.11 Å². The van der Waals surface area contributed by atoms with Crippen molar-refractivity contribution in [1.29, 1.82) is 0 Å². The molecule has 1 N–H and O–H groups in total. The van der Waals surface area contributed by atoms with Crippen LogP contribution >= 0.6 is 11.3 Å². The molecule has 1 saturated heterocycles. The Morgan fingerprint density at radius 2 is 2.00 bits per heavy atom. The van der Waals surface area contributed by atoms with Gasteiger partial charge in [-0.25, -0.2) is 0 Å². The molecule has 0 atom stereocenters. The average Bonchev–Trinajstić information content (AvgIpc) is 2.77. The second-order valence-electron chi connectivity index (χ2n) is 6.04. The van der Waals surface area contributed by atoms with Crippen molar-refractivity contribution in [3.05, 3.63) is 21.4 Å². The highest BCUT2D eigenvalue weighted by atomic mass is 32.1. The molecule has 0 radical (unpaired) electrons. The fraction of sp³-hybridized carbons (Fsp3) is 0.688. The van der Waals surface area contributed by atoms with Crippen LogP contribution in [0.3, 0.4) is 0 Å². The van der Waals surface area contributed by atoms with Crippen molar-refractivity contribution in [2.45, 2.75) is 44.9 Å². The summed E-state index contributed by atoms with van der Waals surface area (Å²) in [7, 11) is 0. The molecule has 0 aromatic carbocycles. The van der Waals surface area contributed by atoms with E-state index in [1.54, 1.807) is 11.3 Å². The number of aliphatic hydroxyl groups is 1. The van der Waals surface area contributed by atoms with Crippen molar-refractivity contribution in [3.63, 3.8) is 0 Å². The molecule has 1 fully saturated rings. The summed E-state index contributed by atoms with van der Waals surface area (Å²) >= 11 is 1.72. The van der Waals surface area contributed by atoms with E-state index in [9.17, 15) is 4.79 Å². The van der Waals surface area contributed by atoms with Crippen LogP contribution in [0.25, 0.3) is 0 Å². The summed E-state index contributed by atoms with van der Waals surface area (Å²) in [6, 6.07) is 2.14. The summed E-state index contributed by atoms with van der Waals surface area (Å²) in [5.41, 5.74) is 1.42. The summed E-state index contributed by atoms with van der Waals surface area (Å²) < 4.78 is 0. The third kappa shape index (κ3) is 2.91. The number of fused-ring (bicyclic) bond motifs is 1. The van der Waals surface area contributed by atoms with Crippen molar-refractivity contribution in [3.8, 4) is 0 Å². The minimum absolute atomic E-state index is 0.208. The lowest BCUT2D eigenvalue weighted by Crippen LogP contribution is -2.38. The predicted molar refractivity (Wildman–Crippen MR) is 81.3 cm³/mol. The van der Waals surface area contributed by atoms with Crippen LogP contribution in [0.2, 0.25) is 0 Å². The van der Waals surface area contributed by atoms with Crippen molar-refractivity contribution in [2.24, 2.45) is 5.92 Å². The van der Waals surface area contributed by atoms with Crippen molar-refractivity contribution in [1.82, 2.24) is 4.90 Å². The van der Waals surface area contributed by atoms with Crippen LogP contribution in [0.4, 0.5) is 0 Å². The first-order valence-corrected chi connectivity index (χ1v) is 8.61. The van der Waals surface area contributed by atoms with Gasteiger partial charge in [-0.05, 0) is 56.1 Å². The van der Waals surface area contributed by atoms with Gasteiger partial charge < -0.3 is 10.0 Å². The summed E-state index contributed by atoms with van der Waals surface area (Å²) in [4.78, 5) is 16.9. The van der Waals surface area contributed by atoms with Gasteiger partial charge in [-0.3, -0.25) is 4.79 Å². The van der Waals surface area contributed by atoms with Crippen molar-refractivity contribution in [2.75, 3.05) is 19.7 Å². The third-order valence-electron chi connectivity index (χ3n) is 4.62. The molecular formula is C16H23NO2S. The zero-order valence-electron chi connectivity index (χ0n) is 11.9. The second-order valence-corrected chi connectivity index (χ2v) is 7.17. The number of thiophene rings is 1. The topological polar surface area (TPSA) is 40.5 Å². The van der Waals surface area contributed by atoms with E-state index in [2.05, 4.69) is 6.07 Å². The van der Waals surface area contributed by atoms with E-state index in [-0.39, 0.29) is 12.5 Å². The Balaban J connectivity index is 1.68. The molecule has 1 aliphatic carbocycles. The first-order chi connectivity index (χ1) is 9.78. The molecule has 0 spiro atoms. The number of rotatable bonds is 2. The Hall–Kier alpha value is -0.870. The van der Waals surface area contributed by atoms with E-state index in [0.29, 0.717) is 5.92 Å². The zero-order valence-corrected chi connectivity index (χ0v) is 12.8. The number of piperidine rings is 1. The summed E-state index contributed by atoms with van der Waals surface area (Å²) in [6.07, 6.45) is 8.02. The molecule has 20 heavy (non-hydrogen) atoms. The summed E-state index contributed by atoms with van der Waals surface area (Å²) in [5, 5.41) is 9.17. The number of carbonyl (C=O) groups is 1. The van der Waals surface area contributed by atoms with Gasteiger partial charge in [-0.15, -0.1) is 11.3 Å². The molecular weight excluding hydrogens is 270 g/mol. The second kappa shape index (κ2) is 6.27. The van der Waals surface area contributed by atoms with Gasteiger partial charge in [0.25, 0.3) is 5.91 Å². The van der Waals surface area contributed by atoms with E-state index >= 15 is 0 Å². The Morgan fingerprint density at radius 1 is 1.25 bits per heavy atom. The van der Waals surface area contributed by atoms with Gasteiger partial charge in [0.1, 0.15) is 0 Å². The SMILES string of the molecule is O=C(c1cc2c(s1)CCCCC2)N1CCC(CO)CC1. The fourth-order valence-corrected chi connectivity index (χ4v) is 4.47. The first kappa shape index (κ1) is 14.1. The van der Waals surface area contributed by atoms with Gasteiger partial charge >= 0.3 is 0 Å². The molecule has 1 aliphatic heterocycles. The molecule has 3 nitrogen and oxygen atoms in total. The first-order valence-electron chi connectivity index (χ1n) is 7.79. The van der Waals surface area contributed by atoms with Gasteiger partial charge in [0, 0.05) is 24.6 Å². The molecule has 3 rings (SSSR count). The number of carbonyl (C=O) groups excluding carboxylic acids is 1. The minimum Gasteiger partial charge on any atom is -0.396 e. The van der Waals surface area contributed by atoms with Crippen LogP contribution < -0.4 is 0 Å². The molecule has 110 valence electrons. The number of hydrogen-bond donors (Lipinski definition) is 1. The summed E-state index contributed by atoms with van der Waals surface area (Å²) in [5.74, 6) is 0.596. The van der Waals surface area contributed by atoms with Crippen LogP contribution in [-0.2, 0) is 12.8 Å². The third-order valence-corrected chi connectivity index (χ3v) is 5.84. The lowest BCUT2D eigenvalue weighted by molar-refractivity contribution is 0.0655. The Bertz CT molecular complexity index is 451. The maximum absolute atomic E-state index is 12.6.